The number of amides is 3. The van der Waals surface area contributed by atoms with E-state index in [1.165, 1.54) is 26.3 Å². The van der Waals surface area contributed by atoms with Crippen molar-refractivity contribution in [2.75, 3.05) is 13.7 Å². The minimum absolute atomic E-state index is 0.00667. The lowest BCUT2D eigenvalue weighted by molar-refractivity contribution is -0.119. The third kappa shape index (κ3) is 4.62. The van der Waals surface area contributed by atoms with Crippen molar-refractivity contribution in [1.29, 1.82) is 0 Å². The topological polar surface area (TPSA) is 155 Å². The van der Waals surface area contributed by atoms with Gasteiger partial charge in [0.25, 0.3) is 23.3 Å². The number of nitrogens with one attached hydrogen (secondary N) is 2. The maximum Gasteiger partial charge on any atom is 0.290 e. The predicted molar refractivity (Wildman–Crippen MR) is 115 cm³/mol. The Balaban J connectivity index is 1.80. The van der Waals surface area contributed by atoms with Crippen molar-refractivity contribution in [2.24, 2.45) is 12.8 Å². The molecular weight excluding hydrogens is 442 g/mol. The summed E-state index contributed by atoms with van der Waals surface area (Å²) in [6.45, 7) is -0.432. The maximum absolute atomic E-state index is 12.6. The Bertz CT molecular complexity index is 1290. The monoisotopic (exact) mass is 459 g/mol. The molecule has 3 rings (SSSR count). The molecule has 2 aromatic carbocycles. The molecule has 0 atom stereocenters. The standard InChI is InChI=1S/C20H18ClN5O6/c1-26-20(30)12-6-4-3-5-11(12)16(25-26)19(29)24-23-18(28)10-7-13(21)17(14(8-10)31-2)32-9-15(22)27/h3-8H,9H2,1-2H3,(H2,22,27)(H,23,28)(H,24,29). The quantitative estimate of drug-likeness (QED) is 0.454. The lowest BCUT2D eigenvalue weighted by atomic mass is 10.1. The molecule has 0 saturated carbocycles. The van der Waals surface area contributed by atoms with E-state index in [-0.39, 0.29) is 33.3 Å². The van der Waals surface area contributed by atoms with Gasteiger partial charge in [-0.2, -0.15) is 5.10 Å². The number of hydrogen-bond donors (Lipinski definition) is 3. The summed E-state index contributed by atoms with van der Waals surface area (Å²) < 4.78 is 11.4. The Morgan fingerprint density at radius 3 is 2.44 bits per heavy atom. The molecule has 3 aromatic rings. The molecule has 3 amide bonds. The highest BCUT2D eigenvalue weighted by Crippen LogP contribution is 2.36. The Kier molecular flexibility index (Phi) is 6.59. The molecule has 0 aliphatic rings. The molecule has 0 spiro atoms. The van der Waals surface area contributed by atoms with E-state index < -0.39 is 24.3 Å². The van der Waals surface area contributed by atoms with Crippen molar-refractivity contribution in [1.82, 2.24) is 20.6 Å². The average Bonchev–Trinajstić information content (AvgIpc) is 2.78. The van der Waals surface area contributed by atoms with Crippen LogP contribution >= 0.6 is 11.6 Å². The Labute approximate surface area is 186 Å². The van der Waals surface area contributed by atoms with Crippen LogP contribution in [0.3, 0.4) is 0 Å². The molecule has 0 bridgehead atoms. The number of hydrazine groups is 1. The van der Waals surface area contributed by atoms with Crippen molar-refractivity contribution in [3.8, 4) is 11.5 Å². The van der Waals surface area contributed by atoms with Crippen LogP contribution in [0.4, 0.5) is 0 Å². The minimum atomic E-state index is -0.732. The van der Waals surface area contributed by atoms with Crippen LogP contribution in [0.2, 0.25) is 5.02 Å². The molecule has 1 heterocycles. The summed E-state index contributed by atoms with van der Waals surface area (Å²) in [7, 11) is 2.74. The average molecular weight is 460 g/mol. The third-order valence-corrected chi connectivity index (χ3v) is 4.59. The number of aromatic nitrogens is 2. The first-order valence-electron chi connectivity index (χ1n) is 9.08. The Morgan fingerprint density at radius 2 is 1.78 bits per heavy atom. The molecule has 166 valence electrons. The number of fused-ring (bicyclic) bond motifs is 1. The van der Waals surface area contributed by atoms with Gasteiger partial charge in [-0.25, -0.2) is 4.68 Å². The maximum atomic E-state index is 12.6. The van der Waals surface area contributed by atoms with Gasteiger partial charge in [0, 0.05) is 18.0 Å². The van der Waals surface area contributed by atoms with E-state index in [2.05, 4.69) is 16.0 Å². The summed E-state index contributed by atoms with van der Waals surface area (Å²) in [5.41, 5.74) is 9.19. The number of methoxy groups -OCH3 is 1. The second kappa shape index (κ2) is 9.35. The predicted octanol–water partition coefficient (Wildman–Crippen LogP) is 0.534. The number of carbonyl (C=O) groups excluding carboxylic acids is 3. The lowest BCUT2D eigenvalue weighted by Crippen LogP contribution is -2.42. The number of carbonyl (C=O) groups is 3. The molecule has 4 N–H and O–H groups in total. The van der Waals surface area contributed by atoms with Gasteiger partial charge in [-0.15, -0.1) is 0 Å². The summed E-state index contributed by atoms with van der Waals surface area (Å²) in [6.07, 6.45) is 0. The molecular formula is C20H18ClN5O6. The fourth-order valence-corrected chi connectivity index (χ4v) is 3.11. The van der Waals surface area contributed by atoms with Gasteiger partial charge in [-0.1, -0.05) is 29.8 Å². The smallest absolute Gasteiger partial charge is 0.290 e. The summed E-state index contributed by atoms with van der Waals surface area (Å²) in [6, 6.07) is 9.06. The number of nitrogens with two attached hydrogens (primary N) is 1. The second-order valence-electron chi connectivity index (χ2n) is 6.48. The highest BCUT2D eigenvalue weighted by Gasteiger charge is 2.19. The number of nitrogens with zero attached hydrogens (tertiary/aromatic N) is 2. The van der Waals surface area contributed by atoms with E-state index >= 15 is 0 Å². The Hall–Kier alpha value is -4.12. The fourth-order valence-electron chi connectivity index (χ4n) is 2.85. The minimum Gasteiger partial charge on any atom is -0.493 e. The van der Waals surface area contributed by atoms with Crippen LogP contribution in [-0.4, -0.2) is 41.2 Å². The van der Waals surface area contributed by atoms with Gasteiger partial charge in [0.05, 0.1) is 17.5 Å². The van der Waals surface area contributed by atoms with Crippen LogP contribution in [0.5, 0.6) is 11.5 Å². The number of halogens is 1. The van der Waals surface area contributed by atoms with Crippen molar-refractivity contribution < 1.29 is 23.9 Å². The number of aryl methyl sites for hydroxylation is 1. The molecule has 11 nitrogen and oxygen atoms in total. The van der Waals surface area contributed by atoms with Gasteiger partial charge in [0.1, 0.15) is 0 Å². The zero-order chi connectivity index (χ0) is 23.4. The van der Waals surface area contributed by atoms with E-state index in [1.54, 1.807) is 24.3 Å². The zero-order valence-electron chi connectivity index (χ0n) is 17.0. The molecule has 32 heavy (non-hydrogen) atoms. The number of ether oxygens (including phenoxy) is 2. The van der Waals surface area contributed by atoms with Crippen LogP contribution in [0.25, 0.3) is 10.8 Å². The summed E-state index contributed by atoms with van der Waals surface area (Å²) >= 11 is 6.13. The Morgan fingerprint density at radius 1 is 1.12 bits per heavy atom. The first kappa shape index (κ1) is 22.6. The highest BCUT2D eigenvalue weighted by atomic mass is 35.5. The van der Waals surface area contributed by atoms with E-state index in [0.717, 1.165) is 4.68 Å². The van der Waals surface area contributed by atoms with E-state index in [4.69, 9.17) is 26.8 Å². The van der Waals surface area contributed by atoms with Crippen LogP contribution in [-0.2, 0) is 11.8 Å². The molecule has 0 unspecified atom stereocenters. The van der Waals surface area contributed by atoms with Crippen LogP contribution < -0.4 is 31.6 Å². The summed E-state index contributed by atoms with van der Waals surface area (Å²) in [4.78, 5) is 48.3. The second-order valence-corrected chi connectivity index (χ2v) is 6.88. The number of primary amides is 1. The normalized spacial score (nSPS) is 10.5. The van der Waals surface area contributed by atoms with Gasteiger partial charge >= 0.3 is 0 Å². The first-order valence-corrected chi connectivity index (χ1v) is 9.46. The highest BCUT2D eigenvalue weighted by molar-refractivity contribution is 6.32. The first-order chi connectivity index (χ1) is 15.2. The number of rotatable bonds is 6. The van der Waals surface area contributed by atoms with Crippen LogP contribution in [0, 0.1) is 0 Å². The van der Waals surface area contributed by atoms with Crippen molar-refractivity contribution >= 4 is 40.1 Å². The van der Waals surface area contributed by atoms with Crippen LogP contribution in [0.15, 0.2) is 41.2 Å². The van der Waals surface area contributed by atoms with Gasteiger partial charge in [-0.3, -0.25) is 30.0 Å². The zero-order valence-corrected chi connectivity index (χ0v) is 17.7. The molecule has 0 aliphatic carbocycles. The van der Waals surface area contributed by atoms with E-state index in [0.29, 0.717) is 10.8 Å². The fraction of sp³-hybridized carbons (Fsp3) is 0.150. The SMILES string of the molecule is COc1cc(C(=O)NNC(=O)c2nn(C)c(=O)c3ccccc23)cc(Cl)c1OCC(N)=O. The molecule has 0 radical (unpaired) electrons. The van der Waals surface area contributed by atoms with Crippen molar-refractivity contribution in [3.05, 3.63) is 63.0 Å². The third-order valence-electron chi connectivity index (χ3n) is 4.31. The van der Waals surface area contributed by atoms with E-state index in [9.17, 15) is 19.2 Å². The van der Waals surface area contributed by atoms with Gasteiger partial charge in [0.2, 0.25) is 0 Å². The summed E-state index contributed by atoms with van der Waals surface area (Å²) in [5, 5.41) is 4.62. The molecule has 0 fully saturated rings. The molecule has 0 saturated heterocycles. The molecule has 1 aromatic heterocycles. The lowest BCUT2D eigenvalue weighted by Gasteiger charge is -2.14. The van der Waals surface area contributed by atoms with Crippen molar-refractivity contribution in [2.45, 2.75) is 0 Å². The van der Waals surface area contributed by atoms with Crippen LogP contribution in [0.1, 0.15) is 20.8 Å². The number of benzene rings is 2. The number of hydrogen-bond acceptors (Lipinski definition) is 7. The summed E-state index contributed by atoms with van der Waals surface area (Å²) in [5.74, 6) is -2.04. The largest absolute Gasteiger partial charge is 0.493 e. The van der Waals surface area contributed by atoms with Gasteiger partial charge < -0.3 is 15.2 Å². The van der Waals surface area contributed by atoms with Crippen molar-refractivity contribution in [3.63, 3.8) is 0 Å². The van der Waals surface area contributed by atoms with Gasteiger partial charge in [0.15, 0.2) is 23.8 Å². The molecule has 12 heteroatoms. The molecule has 0 aliphatic heterocycles. The van der Waals surface area contributed by atoms with E-state index in [1.807, 2.05) is 0 Å². The van der Waals surface area contributed by atoms with Gasteiger partial charge in [-0.05, 0) is 18.2 Å².